The molecule has 1 unspecified atom stereocenters. The van der Waals surface area contributed by atoms with E-state index in [1.54, 1.807) is 4.90 Å². The molecule has 0 spiro atoms. The fourth-order valence-corrected chi connectivity index (χ4v) is 2.47. The van der Waals surface area contributed by atoms with Crippen molar-refractivity contribution in [2.75, 3.05) is 24.6 Å². The van der Waals surface area contributed by atoms with E-state index in [4.69, 9.17) is 16.7 Å². The number of aliphatic hydroxyl groups excluding tert-OH is 1. The average Bonchev–Trinajstić information content (AvgIpc) is 2.76. The molecule has 3 nitrogen and oxygen atoms in total. The summed E-state index contributed by atoms with van der Waals surface area (Å²) >= 11 is 5.65. The van der Waals surface area contributed by atoms with Gasteiger partial charge in [-0.15, -0.1) is 0 Å². The van der Waals surface area contributed by atoms with E-state index in [1.165, 1.54) is 0 Å². The van der Waals surface area contributed by atoms with Crippen LogP contribution in [0, 0.1) is 5.92 Å². The van der Waals surface area contributed by atoms with E-state index in [1.807, 2.05) is 0 Å². The van der Waals surface area contributed by atoms with Gasteiger partial charge in [0.1, 0.15) is 11.0 Å². The normalized spacial score (nSPS) is 20.1. The fourth-order valence-electron chi connectivity index (χ4n) is 2.27. The standard InChI is InChI=1S/C12H14ClF3N2O/c13-10-5-9(12(14,15)16)6-11(17-10)18-3-1-8(7-18)2-4-19/h5-6,8,19H,1-4,7H2. The van der Waals surface area contributed by atoms with Crippen molar-refractivity contribution in [3.8, 4) is 0 Å². The molecule has 0 radical (unpaired) electrons. The van der Waals surface area contributed by atoms with Crippen molar-refractivity contribution in [3.05, 3.63) is 22.8 Å². The first-order valence-corrected chi connectivity index (χ1v) is 6.38. The van der Waals surface area contributed by atoms with Gasteiger partial charge in [0.25, 0.3) is 0 Å². The van der Waals surface area contributed by atoms with E-state index >= 15 is 0 Å². The van der Waals surface area contributed by atoms with Crippen molar-refractivity contribution in [3.63, 3.8) is 0 Å². The Morgan fingerprint density at radius 2 is 2.16 bits per heavy atom. The lowest BCUT2D eigenvalue weighted by Gasteiger charge is -2.19. The summed E-state index contributed by atoms with van der Waals surface area (Å²) in [6, 6.07) is 1.85. The lowest BCUT2D eigenvalue weighted by Crippen LogP contribution is -2.22. The van der Waals surface area contributed by atoms with E-state index in [0.717, 1.165) is 18.6 Å². The third-order valence-electron chi connectivity index (χ3n) is 3.26. The predicted octanol–water partition coefficient (Wildman–Crippen LogP) is 2.96. The Balaban J connectivity index is 2.19. The first kappa shape index (κ1) is 14.4. The fraction of sp³-hybridized carbons (Fsp3) is 0.583. The van der Waals surface area contributed by atoms with Gasteiger partial charge in [0.15, 0.2) is 0 Å². The van der Waals surface area contributed by atoms with Crippen molar-refractivity contribution in [1.29, 1.82) is 0 Å². The highest BCUT2D eigenvalue weighted by Gasteiger charge is 2.33. The van der Waals surface area contributed by atoms with Gasteiger partial charge in [-0.05, 0) is 30.9 Å². The molecule has 1 fully saturated rings. The molecule has 1 saturated heterocycles. The molecule has 19 heavy (non-hydrogen) atoms. The summed E-state index contributed by atoms with van der Waals surface area (Å²) < 4.78 is 38.1. The molecule has 2 heterocycles. The summed E-state index contributed by atoms with van der Waals surface area (Å²) in [4.78, 5) is 5.73. The second-order valence-corrected chi connectivity index (χ2v) is 5.03. The van der Waals surface area contributed by atoms with Crippen LogP contribution in [0.5, 0.6) is 0 Å². The number of pyridine rings is 1. The molecular weight excluding hydrogens is 281 g/mol. The Labute approximate surface area is 114 Å². The molecular formula is C12H14ClF3N2O. The molecule has 1 aromatic heterocycles. The molecule has 1 aliphatic rings. The van der Waals surface area contributed by atoms with E-state index in [-0.39, 0.29) is 17.6 Å². The number of hydrogen-bond donors (Lipinski definition) is 1. The Morgan fingerprint density at radius 1 is 1.42 bits per heavy atom. The molecule has 1 N–H and O–H groups in total. The summed E-state index contributed by atoms with van der Waals surface area (Å²) in [6.45, 7) is 1.33. The van der Waals surface area contributed by atoms with Gasteiger partial charge in [-0.3, -0.25) is 0 Å². The molecule has 1 aromatic rings. The first-order valence-electron chi connectivity index (χ1n) is 6.00. The minimum atomic E-state index is -4.43. The zero-order valence-electron chi connectivity index (χ0n) is 10.1. The number of rotatable bonds is 3. The minimum Gasteiger partial charge on any atom is -0.396 e. The summed E-state index contributed by atoms with van der Waals surface area (Å²) in [5.41, 5.74) is -0.784. The van der Waals surface area contributed by atoms with Gasteiger partial charge in [-0.2, -0.15) is 13.2 Å². The number of alkyl halides is 3. The van der Waals surface area contributed by atoms with Crippen molar-refractivity contribution >= 4 is 17.4 Å². The first-order chi connectivity index (χ1) is 8.90. The number of anilines is 1. The van der Waals surface area contributed by atoms with Crippen LogP contribution >= 0.6 is 11.6 Å². The molecule has 0 amide bonds. The molecule has 2 rings (SSSR count). The maximum absolute atomic E-state index is 12.7. The summed E-state index contributed by atoms with van der Waals surface area (Å²) in [5, 5.41) is 8.72. The average molecular weight is 295 g/mol. The quantitative estimate of drug-likeness (QED) is 0.871. The molecule has 0 bridgehead atoms. The van der Waals surface area contributed by atoms with Crippen LogP contribution in [0.2, 0.25) is 5.15 Å². The minimum absolute atomic E-state index is 0.0925. The lowest BCUT2D eigenvalue weighted by molar-refractivity contribution is -0.137. The van der Waals surface area contributed by atoms with Crippen LogP contribution in [0.3, 0.4) is 0 Å². The van der Waals surface area contributed by atoms with Gasteiger partial charge in [-0.1, -0.05) is 11.6 Å². The molecule has 106 valence electrons. The highest BCUT2D eigenvalue weighted by molar-refractivity contribution is 6.29. The topological polar surface area (TPSA) is 36.4 Å². The smallest absolute Gasteiger partial charge is 0.396 e. The SMILES string of the molecule is OCCC1CCN(c2cc(C(F)(F)F)cc(Cl)n2)C1. The van der Waals surface area contributed by atoms with Crippen molar-refractivity contribution in [1.82, 2.24) is 4.98 Å². The molecule has 0 aromatic carbocycles. The maximum atomic E-state index is 12.7. The molecule has 7 heteroatoms. The summed E-state index contributed by atoms with van der Waals surface area (Å²) in [5.74, 6) is 0.542. The lowest BCUT2D eigenvalue weighted by atomic mass is 10.1. The maximum Gasteiger partial charge on any atom is 0.416 e. The molecule has 0 aliphatic carbocycles. The third-order valence-corrected chi connectivity index (χ3v) is 3.45. The number of hydrogen-bond acceptors (Lipinski definition) is 3. The van der Waals surface area contributed by atoms with E-state index in [0.29, 0.717) is 25.4 Å². The number of aromatic nitrogens is 1. The third kappa shape index (κ3) is 3.51. The van der Waals surface area contributed by atoms with Gasteiger partial charge < -0.3 is 10.0 Å². The van der Waals surface area contributed by atoms with E-state index < -0.39 is 11.7 Å². The zero-order chi connectivity index (χ0) is 14.0. The van der Waals surface area contributed by atoms with Crippen molar-refractivity contribution in [2.24, 2.45) is 5.92 Å². The van der Waals surface area contributed by atoms with Crippen molar-refractivity contribution in [2.45, 2.75) is 19.0 Å². The second kappa shape index (κ2) is 5.54. The molecule has 1 atom stereocenters. The van der Waals surface area contributed by atoms with Crippen LogP contribution in [0.1, 0.15) is 18.4 Å². The van der Waals surface area contributed by atoms with Gasteiger partial charge in [-0.25, -0.2) is 4.98 Å². The highest BCUT2D eigenvalue weighted by Crippen LogP contribution is 2.34. The Bertz CT molecular complexity index is 453. The molecule has 1 aliphatic heterocycles. The summed E-state index contributed by atoms with van der Waals surface area (Å²) in [6.07, 6.45) is -2.93. The Morgan fingerprint density at radius 3 is 2.79 bits per heavy atom. The van der Waals surface area contributed by atoms with E-state index in [9.17, 15) is 13.2 Å². The number of halogens is 4. The van der Waals surface area contributed by atoms with E-state index in [2.05, 4.69) is 4.98 Å². The van der Waals surface area contributed by atoms with Gasteiger partial charge in [0.2, 0.25) is 0 Å². The van der Waals surface area contributed by atoms with Crippen LogP contribution in [0.25, 0.3) is 0 Å². The number of nitrogens with zero attached hydrogens (tertiary/aromatic N) is 2. The van der Waals surface area contributed by atoms with Crippen LogP contribution in [-0.4, -0.2) is 29.8 Å². The second-order valence-electron chi connectivity index (χ2n) is 4.65. The summed E-state index contributed by atoms with van der Waals surface area (Å²) in [7, 11) is 0. The molecule has 0 saturated carbocycles. The van der Waals surface area contributed by atoms with Crippen molar-refractivity contribution < 1.29 is 18.3 Å². The van der Waals surface area contributed by atoms with Gasteiger partial charge >= 0.3 is 6.18 Å². The Kier molecular flexibility index (Phi) is 4.20. The largest absolute Gasteiger partial charge is 0.416 e. The van der Waals surface area contributed by atoms with Crippen LogP contribution in [0.15, 0.2) is 12.1 Å². The monoisotopic (exact) mass is 294 g/mol. The number of aliphatic hydroxyl groups is 1. The van der Waals surface area contributed by atoms with Gasteiger partial charge in [0, 0.05) is 19.7 Å². The predicted molar refractivity (Wildman–Crippen MR) is 66.3 cm³/mol. The zero-order valence-corrected chi connectivity index (χ0v) is 10.9. The van der Waals surface area contributed by atoms with Crippen LogP contribution in [0.4, 0.5) is 19.0 Å². The Hall–Kier alpha value is -1.01. The van der Waals surface area contributed by atoms with Gasteiger partial charge in [0.05, 0.1) is 5.56 Å². The highest BCUT2D eigenvalue weighted by atomic mass is 35.5. The van der Waals surface area contributed by atoms with Crippen LogP contribution in [-0.2, 0) is 6.18 Å². The van der Waals surface area contributed by atoms with Crippen LogP contribution < -0.4 is 4.90 Å².